The van der Waals surface area contributed by atoms with Gasteiger partial charge in [0.1, 0.15) is 23.5 Å². The lowest BCUT2D eigenvalue weighted by atomic mass is 10.2. The maximum atomic E-state index is 13.0. The topological polar surface area (TPSA) is 72.6 Å². The number of hydrogen-bond donors (Lipinski definition) is 0. The number of oxazole rings is 1. The third-order valence-electron chi connectivity index (χ3n) is 4.61. The van der Waals surface area contributed by atoms with Crippen LogP contribution in [0.2, 0.25) is 0 Å². The van der Waals surface area contributed by atoms with Gasteiger partial charge in [-0.2, -0.15) is 0 Å². The van der Waals surface area contributed by atoms with Gasteiger partial charge in [-0.05, 0) is 48.5 Å². The molecule has 0 radical (unpaired) electrons. The zero-order chi connectivity index (χ0) is 21.1. The van der Waals surface area contributed by atoms with Crippen LogP contribution in [0, 0.1) is 6.92 Å². The first kappa shape index (κ1) is 19.7. The van der Waals surface area contributed by atoms with Crippen molar-refractivity contribution in [1.29, 1.82) is 0 Å². The van der Waals surface area contributed by atoms with Crippen LogP contribution in [0.25, 0.3) is 11.3 Å². The summed E-state index contributed by atoms with van der Waals surface area (Å²) in [7, 11) is -2.18. The highest BCUT2D eigenvalue weighted by Gasteiger charge is 2.21. The minimum atomic E-state index is -3.71. The molecule has 0 aliphatic rings. The molecule has 4 rings (SSSR count). The monoisotopic (exact) mass is 420 g/mol. The minimum absolute atomic E-state index is 0.193. The third kappa shape index (κ3) is 4.06. The lowest BCUT2D eigenvalue weighted by Crippen LogP contribution is -2.26. The summed E-state index contributed by atoms with van der Waals surface area (Å²) in [6.45, 7) is 1.76. The summed E-state index contributed by atoms with van der Waals surface area (Å²) in [6, 6.07) is 22.9. The maximum Gasteiger partial charge on any atom is 0.264 e. The number of para-hydroxylation sites is 1. The Morgan fingerprint density at radius 2 is 1.50 bits per heavy atom. The first-order valence-electron chi connectivity index (χ1n) is 9.28. The highest BCUT2D eigenvalue weighted by Crippen LogP contribution is 2.28. The summed E-state index contributed by atoms with van der Waals surface area (Å²) < 4.78 is 38.3. The standard InChI is InChI=1S/C23H20N2O4S/c1-17-24-23(16-28-17)18-8-14-22(15-9-18)30(26,27)25(2)19-10-12-21(13-11-19)29-20-6-4-3-5-7-20/h3-16H,1-2H3. The van der Waals surface area contributed by atoms with Gasteiger partial charge in [-0.15, -0.1) is 0 Å². The molecule has 0 unspecified atom stereocenters. The summed E-state index contributed by atoms with van der Waals surface area (Å²) in [4.78, 5) is 4.45. The van der Waals surface area contributed by atoms with E-state index in [9.17, 15) is 8.42 Å². The van der Waals surface area contributed by atoms with Gasteiger partial charge in [0, 0.05) is 19.5 Å². The number of anilines is 1. The van der Waals surface area contributed by atoms with Crippen LogP contribution in [0.5, 0.6) is 11.5 Å². The second kappa shape index (κ2) is 8.04. The van der Waals surface area contributed by atoms with Crippen LogP contribution in [0.4, 0.5) is 5.69 Å². The van der Waals surface area contributed by atoms with Crippen molar-refractivity contribution >= 4 is 15.7 Å². The van der Waals surface area contributed by atoms with Gasteiger partial charge < -0.3 is 9.15 Å². The number of aromatic nitrogens is 1. The zero-order valence-corrected chi connectivity index (χ0v) is 17.3. The second-order valence-electron chi connectivity index (χ2n) is 6.66. The van der Waals surface area contributed by atoms with Gasteiger partial charge in [-0.25, -0.2) is 13.4 Å². The molecule has 4 aromatic rings. The molecule has 6 nitrogen and oxygen atoms in total. The second-order valence-corrected chi connectivity index (χ2v) is 8.63. The van der Waals surface area contributed by atoms with Crippen LogP contribution in [0.15, 0.2) is 94.4 Å². The molecular formula is C23H20N2O4S. The van der Waals surface area contributed by atoms with Crippen LogP contribution in [-0.4, -0.2) is 20.4 Å². The summed E-state index contributed by atoms with van der Waals surface area (Å²) in [5.74, 6) is 1.90. The molecule has 0 bridgehead atoms. The number of aryl methyl sites for hydroxylation is 1. The van der Waals surface area contributed by atoms with E-state index in [1.165, 1.54) is 11.4 Å². The van der Waals surface area contributed by atoms with E-state index in [1.54, 1.807) is 61.7 Å². The van der Waals surface area contributed by atoms with Crippen molar-refractivity contribution in [3.8, 4) is 22.8 Å². The van der Waals surface area contributed by atoms with E-state index in [1.807, 2.05) is 30.3 Å². The average Bonchev–Trinajstić information content (AvgIpc) is 3.21. The third-order valence-corrected chi connectivity index (χ3v) is 6.41. The lowest BCUT2D eigenvalue weighted by Gasteiger charge is -2.20. The van der Waals surface area contributed by atoms with Crippen LogP contribution in [0.1, 0.15) is 5.89 Å². The Bertz CT molecular complexity index is 1230. The first-order chi connectivity index (χ1) is 14.4. The molecule has 7 heteroatoms. The fourth-order valence-electron chi connectivity index (χ4n) is 2.94. The van der Waals surface area contributed by atoms with Gasteiger partial charge in [-0.1, -0.05) is 30.3 Å². The number of rotatable bonds is 6. The Kier molecular flexibility index (Phi) is 5.29. The molecule has 3 aromatic carbocycles. The van der Waals surface area contributed by atoms with Crippen molar-refractivity contribution in [3.63, 3.8) is 0 Å². The normalized spacial score (nSPS) is 11.3. The molecule has 0 amide bonds. The molecule has 0 fully saturated rings. The van der Waals surface area contributed by atoms with E-state index in [2.05, 4.69) is 4.98 Å². The molecule has 1 aromatic heterocycles. The van der Waals surface area contributed by atoms with Gasteiger partial charge >= 0.3 is 0 Å². The van der Waals surface area contributed by atoms with Crippen molar-refractivity contribution in [2.75, 3.05) is 11.4 Å². The Labute approximate surface area is 175 Å². The Hall–Kier alpha value is -3.58. The Morgan fingerprint density at radius 1 is 0.867 bits per heavy atom. The molecule has 0 aliphatic carbocycles. The van der Waals surface area contributed by atoms with E-state index >= 15 is 0 Å². The SMILES string of the molecule is Cc1nc(-c2ccc(S(=O)(=O)N(C)c3ccc(Oc4ccccc4)cc3)cc2)co1. The van der Waals surface area contributed by atoms with E-state index in [4.69, 9.17) is 9.15 Å². The van der Waals surface area contributed by atoms with Gasteiger partial charge in [0.2, 0.25) is 0 Å². The van der Waals surface area contributed by atoms with Gasteiger partial charge in [0.25, 0.3) is 10.0 Å². The molecule has 0 saturated carbocycles. The predicted molar refractivity (Wildman–Crippen MR) is 115 cm³/mol. The molecular weight excluding hydrogens is 400 g/mol. The molecule has 0 spiro atoms. The smallest absolute Gasteiger partial charge is 0.264 e. The minimum Gasteiger partial charge on any atom is -0.457 e. The van der Waals surface area contributed by atoms with Crippen LogP contribution in [-0.2, 0) is 10.0 Å². The predicted octanol–water partition coefficient (Wildman–Crippen LogP) is 5.27. The van der Waals surface area contributed by atoms with Gasteiger partial charge in [-0.3, -0.25) is 4.31 Å². The number of benzene rings is 3. The van der Waals surface area contributed by atoms with Gasteiger partial charge in [0.15, 0.2) is 5.89 Å². The number of hydrogen-bond acceptors (Lipinski definition) is 5. The number of sulfonamides is 1. The molecule has 152 valence electrons. The molecule has 0 N–H and O–H groups in total. The fraction of sp³-hybridized carbons (Fsp3) is 0.0870. The van der Waals surface area contributed by atoms with Crippen molar-refractivity contribution in [2.45, 2.75) is 11.8 Å². The van der Waals surface area contributed by atoms with Crippen LogP contribution < -0.4 is 9.04 Å². The average molecular weight is 420 g/mol. The van der Waals surface area contributed by atoms with Gasteiger partial charge in [0.05, 0.1) is 10.6 Å². The van der Waals surface area contributed by atoms with E-state index in [-0.39, 0.29) is 4.90 Å². The summed E-state index contributed by atoms with van der Waals surface area (Å²) in [5.41, 5.74) is 1.99. The highest BCUT2D eigenvalue weighted by atomic mass is 32.2. The van der Waals surface area contributed by atoms with Crippen molar-refractivity contribution in [2.24, 2.45) is 0 Å². The Morgan fingerprint density at radius 3 is 2.10 bits per heavy atom. The number of nitrogens with zero attached hydrogens (tertiary/aromatic N) is 2. The maximum absolute atomic E-state index is 13.0. The molecule has 0 aliphatic heterocycles. The first-order valence-corrected chi connectivity index (χ1v) is 10.7. The van der Waals surface area contributed by atoms with Crippen LogP contribution >= 0.6 is 0 Å². The molecule has 1 heterocycles. The largest absolute Gasteiger partial charge is 0.457 e. The molecule has 0 saturated heterocycles. The fourth-order valence-corrected chi connectivity index (χ4v) is 4.13. The van der Waals surface area contributed by atoms with E-state index in [0.29, 0.717) is 28.8 Å². The lowest BCUT2D eigenvalue weighted by molar-refractivity contribution is 0.482. The van der Waals surface area contributed by atoms with Crippen molar-refractivity contribution in [1.82, 2.24) is 4.98 Å². The quantitative estimate of drug-likeness (QED) is 0.425. The summed E-state index contributed by atoms with van der Waals surface area (Å²) >= 11 is 0. The van der Waals surface area contributed by atoms with Crippen molar-refractivity contribution in [3.05, 3.63) is 91.0 Å². The van der Waals surface area contributed by atoms with Crippen molar-refractivity contribution < 1.29 is 17.6 Å². The molecule has 30 heavy (non-hydrogen) atoms. The van der Waals surface area contributed by atoms with Crippen LogP contribution in [0.3, 0.4) is 0 Å². The summed E-state index contributed by atoms with van der Waals surface area (Å²) in [6.07, 6.45) is 1.55. The molecule has 0 atom stereocenters. The number of ether oxygens (including phenoxy) is 1. The highest BCUT2D eigenvalue weighted by molar-refractivity contribution is 7.92. The van der Waals surface area contributed by atoms with E-state index in [0.717, 1.165) is 5.56 Å². The summed E-state index contributed by atoms with van der Waals surface area (Å²) in [5, 5.41) is 0. The zero-order valence-electron chi connectivity index (χ0n) is 16.5. The Balaban J connectivity index is 1.52. The van der Waals surface area contributed by atoms with E-state index < -0.39 is 10.0 Å².